The molecule has 0 unspecified atom stereocenters. The number of nitrogens with one attached hydrogen (secondary N) is 2. The molecule has 0 saturated heterocycles. The van der Waals surface area contributed by atoms with E-state index in [-0.39, 0.29) is 5.91 Å². The van der Waals surface area contributed by atoms with Gasteiger partial charge in [-0.25, -0.2) is 0 Å². The van der Waals surface area contributed by atoms with E-state index in [0.717, 1.165) is 11.4 Å². The number of hydrogen-bond donors (Lipinski definition) is 2. The van der Waals surface area contributed by atoms with E-state index in [2.05, 4.69) is 15.6 Å². The standard InChI is InChI=1S/C14H14ClN3O/c1-9-7-13(16-2)10(8-17-9)14(19)18-12-6-4-3-5-11(12)15/h3-8H,1-2H3,(H,16,17)(H,18,19). The van der Waals surface area contributed by atoms with Gasteiger partial charge in [0, 0.05) is 18.9 Å². The minimum atomic E-state index is -0.245. The van der Waals surface area contributed by atoms with Crippen LogP contribution in [0.4, 0.5) is 11.4 Å². The lowest BCUT2D eigenvalue weighted by Crippen LogP contribution is -2.15. The third-order valence-electron chi connectivity index (χ3n) is 2.68. The molecule has 0 radical (unpaired) electrons. The molecule has 98 valence electrons. The molecule has 0 fully saturated rings. The number of anilines is 2. The molecule has 0 aliphatic rings. The number of halogens is 1. The first-order valence-electron chi connectivity index (χ1n) is 5.82. The van der Waals surface area contributed by atoms with Gasteiger partial charge in [-0.05, 0) is 25.1 Å². The largest absolute Gasteiger partial charge is 0.387 e. The minimum Gasteiger partial charge on any atom is -0.387 e. The van der Waals surface area contributed by atoms with Gasteiger partial charge in [-0.1, -0.05) is 23.7 Å². The highest BCUT2D eigenvalue weighted by atomic mass is 35.5. The average Bonchev–Trinajstić information content (AvgIpc) is 2.41. The Kier molecular flexibility index (Phi) is 4.02. The molecule has 0 aliphatic heterocycles. The number of rotatable bonds is 3. The zero-order valence-corrected chi connectivity index (χ0v) is 11.5. The van der Waals surface area contributed by atoms with Crippen LogP contribution in [-0.4, -0.2) is 17.9 Å². The molecular formula is C14H14ClN3O. The maximum absolute atomic E-state index is 12.2. The first-order valence-corrected chi connectivity index (χ1v) is 6.20. The number of hydrogen-bond acceptors (Lipinski definition) is 3. The molecule has 2 N–H and O–H groups in total. The van der Waals surface area contributed by atoms with E-state index in [1.54, 1.807) is 25.4 Å². The Hall–Kier alpha value is -2.07. The van der Waals surface area contributed by atoms with E-state index in [4.69, 9.17) is 11.6 Å². The summed E-state index contributed by atoms with van der Waals surface area (Å²) in [5, 5.41) is 6.26. The summed E-state index contributed by atoms with van der Waals surface area (Å²) in [6, 6.07) is 8.92. The van der Waals surface area contributed by atoms with Gasteiger partial charge in [0.05, 0.1) is 22.0 Å². The van der Waals surface area contributed by atoms with Crippen LogP contribution < -0.4 is 10.6 Å². The van der Waals surface area contributed by atoms with Crippen LogP contribution in [-0.2, 0) is 0 Å². The van der Waals surface area contributed by atoms with Crippen LogP contribution in [0.25, 0.3) is 0 Å². The molecule has 2 aromatic rings. The summed E-state index contributed by atoms with van der Waals surface area (Å²) in [6.07, 6.45) is 1.55. The van der Waals surface area contributed by atoms with Crippen LogP contribution in [0.5, 0.6) is 0 Å². The van der Waals surface area contributed by atoms with Crippen molar-refractivity contribution in [1.29, 1.82) is 0 Å². The van der Waals surface area contributed by atoms with Crippen molar-refractivity contribution < 1.29 is 4.79 Å². The Labute approximate surface area is 116 Å². The number of nitrogens with zero attached hydrogens (tertiary/aromatic N) is 1. The lowest BCUT2D eigenvalue weighted by Gasteiger charge is -2.11. The first-order chi connectivity index (χ1) is 9.11. The molecule has 1 aromatic heterocycles. The number of pyridine rings is 1. The van der Waals surface area contributed by atoms with Gasteiger partial charge in [-0.3, -0.25) is 9.78 Å². The van der Waals surface area contributed by atoms with E-state index < -0.39 is 0 Å². The Morgan fingerprint density at radius 3 is 2.68 bits per heavy atom. The third kappa shape index (κ3) is 3.03. The smallest absolute Gasteiger partial charge is 0.259 e. The van der Waals surface area contributed by atoms with Crippen molar-refractivity contribution >= 4 is 28.9 Å². The van der Waals surface area contributed by atoms with Crippen molar-refractivity contribution in [3.05, 3.63) is 52.8 Å². The van der Waals surface area contributed by atoms with Crippen molar-refractivity contribution in [2.45, 2.75) is 6.92 Å². The predicted molar refractivity (Wildman–Crippen MR) is 77.9 cm³/mol. The average molecular weight is 276 g/mol. The van der Waals surface area contributed by atoms with Crippen molar-refractivity contribution in [1.82, 2.24) is 4.98 Å². The number of benzene rings is 1. The summed E-state index contributed by atoms with van der Waals surface area (Å²) in [5.41, 5.74) is 2.64. The van der Waals surface area contributed by atoms with Gasteiger partial charge in [0.25, 0.3) is 5.91 Å². The molecule has 2 rings (SSSR count). The number of aryl methyl sites for hydroxylation is 1. The first kappa shape index (κ1) is 13.4. The molecule has 1 amide bonds. The molecule has 0 atom stereocenters. The van der Waals surface area contributed by atoms with E-state index in [9.17, 15) is 4.79 Å². The summed E-state index contributed by atoms with van der Waals surface area (Å²) in [5.74, 6) is -0.245. The van der Waals surface area contributed by atoms with Gasteiger partial charge in [0.1, 0.15) is 0 Å². The highest BCUT2D eigenvalue weighted by Crippen LogP contribution is 2.22. The highest BCUT2D eigenvalue weighted by molar-refractivity contribution is 6.34. The zero-order chi connectivity index (χ0) is 13.8. The summed E-state index contributed by atoms with van der Waals surface area (Å²) in [6.45, 7) is 1.87. The Balaban J connectivity index is 2.28. The summed E-state index contributed by atoms with van der Waals surface area (Å²) >= 11 is 6.01. The molecule has 1 aromatic carbocycles. The van der Waals surface area contributed by atoms with Gasteiger partial charge in [-0.2, -0.15) is 0 Å². The molecule has 0 saturated carbocycles. The van der Waals surface area contributed by atoms with Gasteiger partial charge in [-0.15, -0.1) is 0 Å². The minimum absolute atomic E-state index is 0.245. The molecule has 19 heavy (non-hydrogen) atoms. The maximum atomic E-state index is 12.2. The SMILES string of the molecule is CNc1cc(C)ncc1C(=O)Nc1ccccc1Cl. The van der Waals surface area contributed by atoms with Crippen LogP contribution in [0.3, 0.4) is 0 Å². The summed E-state index contributed by atoms with van der Waals surface area (Å²) in [4.78, 5) is 16.3. The number of aromatic nitrogens is 1. The lowest BCUT2D eigenvalue weighted by molar-refractivity contribution is 0.102. The molecule has 5 heteroatoms. The molecule has 1 heterocycles. The van der Waals surface area contributed by atoms with Crippen LogP contribution >= 0.6 is 11.6 Å². The second-order valence-corrected chi connectivity index (χ2v) is 4.46. The van der Waals surface area contributed by atoms with Crippen LogP contribution in [0.2, 0.25) is 5.02 Å². The molecular weight excluding hydrogens is 262 g/mol. The molecule has 0 bridgehead atoms. The number of carbonyl (C=O) groups is 1. The summed E-state index contributed by atoms with van der Waals surface area (Å²) < 4.78 is 0. The maximum Gasteiger partial charge on any atom is 0.259 e. The van der Waals surface area contributed by atoms with Crippen molar-refractivity contribution in [3.63, 3.8) is 0 Å². The fraction of sp³-hybridized carbons (Fsp3) is 0.143. The van der Waals surface area contributed by atoms with E-state index in [1.807, 2.05) is 25.1 Å². The molecule has 4 nitrogen and oxygen atoms in total. The fourth-order valence-corrected chi connectivity index (χ4v) is 1.88. The van der Waals surface area contributed by atoms with Gasteiger partial charge in [0.2, 0.25) is 0 Å². The van der Waals surface area contributed by atoms with Crippen LogP contribution in [0, 0.1) is 6.92 Å². The normalized spacial score (nSPS) is 10.1. The predicted octanol–water partition coefficient (Wildman–Crippen LogP) is 3.34. The number of para-hydroxylation sites is 1. The lowest BCUT2D eigenvalue weighted by atomic mass is 10.2. The highest BCUT2D eigenvalue weighted by Gasteiger charge is 2.13. The van der Waals surface area contributed by atoms with Crippen molar-refractivity contribution in [2.24, 2.45) is 0 Å². The van der Waals surface area contributed by atoms with Crippen molar-refractivity contribution in [3.8, 4) is 0 Å². The Bertz CT molecular complexity index is 613. The fourth-order valence-electron chi connectivity index (χ4n) is 1.70. The van der Waals surface area contributed by atoms with Crippen molar-refractivity contribution in [2.75, 3.05) is 17.7 Å². The second-order valence-electron chi connectivity index (χ2n) is 4.06. The molecule has 0 aliphatic carbocycles. The van der Waals surface area contributed by atoms with Gasteiger partial charge >= 0.3 is 0 Å². The van der Waals surface area contributed by atoms with Gasteiger partial charge in [0.15, 0.2) is 0 Å². The quantitative estimate of drug-likeness (QED) is 0.903. The third-order valence-corrected chi connectivity index (χ3v) is 3.01. The van der Waals surface area contributed by atoms with E-state index in [1.165, 1.54) is 0 Å². The van der Waals surface area contributed by atoms with E-state index in [0.29, 0.717) is 16.3 Å². The van der Waals surface area contributed by atoms with Gasteiger partial charge < -0.3 is 10.6 Å². The monoisotopic (exact) mass is 275 g/mol. The topological polar surface area (TPSA) is 54.0 Å². The molecule has 0 spiro atoms. The second kappa shape index (κ2) is 5.71. The Morgan fingerprint density at radius 2 is 2.00 bits per heavy atom. The number of amides is 1. The Morgan fingerprint density at radius 1 is 1.26 bits per heavy atom. The zero-order valence-electron chi connectivity index (χ0n) is 10.7. The van der Waals surface area contributed by atoms with E-state index >= 15 is 0 Å². The summed E-state index contributed by atoms with van der Waals surface area (Å²) in [7, 11) is 1.76. The number of carbonyl (C=O) groups excluding carboxylic acids is 1. The van der Waals surface area contributed by atoms with Crippen LogP contribution in [0.1, 0.15) is 16.1 Å². The van der Waals surface area contributed by atoms with Crippen LogP contribution in [0.15, 0.2) is 36.5 Å².